The molecule has 150 valence electrons. The Hall–Kier alpha value is -2.07. The minimum Gasteiger partial charge on any atom is -0.487 e. The van der Waals surface area contributed by atoms with Crippen LogP contribution in [0.3, 0.4) is 0 Å². The highest BCUT2D eigenvalue weighted by molar-refractivity contribution is 5.77. The van der Waals surface area contributed by atoms with Gasteiger partial charge in [0.05, 0.1) is 31.2 Å². The van der Waals surface area contributed by atoms with Gasteiger partial charge in [-0.1, -0.05) is 0 Å². The predicted octanol–water partition coefficient (Wildman–Crippen LogP) is 1.26. The van der Waals surface area contributed by atoms with Crippen LogP contribution < -0.4 is 15.4 Å². The summed E-state index contributed by atoms with van der Waals surface area (Å²) in [6, 6.07) is 0.768. The minimum absolute atomic E-state index is 0.0227. The van der Waals surface area contributed by atoms with Gasteiger partial charge in [-0.25, -0.2) is 4.98 Å². The maximum absolute atomic E-state index is 12.8. The van der Waals surface area contributed by atoms with Gasteiger partial charge < -0.3 is 25.0 Å². The summed E-state index contributed by atoms with van der Waals surface area (Å²) in [5, 5.41) is 0. The number of rotatable bonds is 5. The molecule has 3 heterocycles. The van der Waals surface area contributed by atoms with Crippen molar-refractivity contribution in [3.8, 4) is 5.75 Å². The van der Waals surface area contributed by atoms with Crippen molar-refractivity contribution >= 4 is 11.7 Å². The molecule has 10 heteroatoms. The highest BCUT2D eigenvalue weighted by atomic mass is 19.4. The number of halogens is 3. The topological polar surface area (TPSA) is 80.9 Å². The first-order valence-corrected chi connectivity index (χ1v) is 8.83. The maximum atomic E-state index is 12.8. The zero-order valence-electron chi connectivity index (χ0n) is 15.0. The highest BCUT2D eigenvalue weighted by Gasteiger charge is 2.38. The van der Waals surface area contributed by atoms with E-state index in [1.807, 2.05) is 11.8 Å². The molecule has 0 bridgehead atoms. The first-order valence-electron chi connectivity index (χ1n) is 8.83. The molecule has 2 atom stereocenters. The number of fused-ring (bicyclic) bond motifs is 3. The van der Waals surface area contributed by atoms with Crippen molar-refractivity contribution in [2.45, 2.75) is 31.6 Å². The highest BCUT2D eigenvalue weighted by Crippen LogP contribution is 2.38. The Morgan fingerprint density at radius 2 is 2.26 bits per heavy atom. The van der Waals surface area contributed by atoms with E-state index in [0.717, 1.165) is 12.3 Å². The van der Waals surface area contributed by atoms with E-state index in [0.29, 0.717) is 38.7 Å². The molecule has 0 radical (unpaired) electrons. The number of nitrogens with zero attached hydrogens (tertiary/aromatic N) is 3. The van der Waals surface area contributed by atoms with Gasteiger partial charge in [-0.05, 0) is 13.0 Å². The van der Waals surface area contributed by atoms with E-state index in [1.165, 1.54) is 0 Å². The van der Waals surface area contributed by atoms with Gasteiger partial charge in [-0.3, -0.25) is 4.79 Å². The summed E-state index contributed by atoms with van der Waals surface area (Å²) < 4.78 is 49.3. The fourth-order valence-corrected chi connectivity index (χ4v) is 3.19. The van der Waals surface area contributed by atoms with Gasteiger partial charge in [0.1, 0.15) is 6.61 Å². The van der Waals surface area contributed by atoms with Crippen molar-refractivity contribution in [2.24, 2.45) is 5.73 Å². The van der Waals surface area contributed by atoms with Gasteiger partial charge in [0, 0.05) is 31.9 Å². The molecule has 0 spiro atoms. The standard InChI is InChI=1S/C17H23F3N4O3/c1-11(21)9-26-5-2-15(25)23-3-4-24-13(8-23)10-27-14-6-12(17(18,19)20)7-22-16(14)24/h6-7,11,13H,2-5,8-10,21H2,1H3. The molecule has 0 saturated carbocycles. The normalized spacial score (nSPS) is 20.6. The smallest absolute Gasteiger partial charge is 0.418 e. The summed E-state index contributed by atoms with van der Waals surface area (Å²) in [4.78, 5) is 19.9. The van der Waals surface area contributed by atoms with E-state index in [9.17, 15) is 18.0 Å². The van der Waals surface area contributed by atoms with Gasteiger partial charge in [0.2, 0.25) is 5.91 Å². The Morgan fingerprint density at radius 3 is 2.96 bits per heavy atom. The number of piperazine rings is 1. The van der Waals surface area contributed by atoms with Crippen LogP contribution in [0.5, 0.6) is 5.75 Å². The number of hydrogen-bond donors (Lipinski definition) is 1. The molecule has 1 aromatic rings. The third-order valence-corrected chi connectivity index (χ3v) is 4.54. The molecule has 1 fully saturated rings. The molecule has 0 aliphatic carbocycles. The minimum atomic E-state index is -4.46. The number of nitrogens with two attached hydrogens (primary N) is 1. The fraction of sp³-hybridized carbons (Fsp3) is 0.647. The average molecular weight is 388 g/mol. The Morgan fingerprint density at radius 1 is 1.48 bits per heavy atom. The number of amides is 1. The van der Waals surface area contributed by atoms with E-state index in [1.54, 1.807) is 4.90 Å². The molecule has 3 rings (SSSR count). The van der Waals surface area contributed by atoms with Gasteiger partial charge in [-0.15, -0.1) is 0 Å². The van der Waals surface area contributed by atoms with Crippen LogP contribution in [0.2, 0.25) is 0 Å². The first kappa shape index (κ1) is 19.7. The lowest BCUT2D eigenvalue weighted by Gasteiger charge is -2.44. The summed E-state index contributed by atoms with van der Waals surface area (Å²) in [7, 11) is 0. The van der Waals surface area contributed by atoms with Crippen molar-refractivity contribution in [1.29, 1.82) is 0 Å². The second-order valence-electron chi connectivity index (χ2n) is 6.84. The van der Waals surface area contributed by atoms with Crippen LogP contribution >= 0.6 is 0 Å². The number of pyridine rings is 1. The summed E-state index contributed by atoms with van der Waals surface area (Å²) in [5.74, 6) is 0.502. The summed E-state index contributed by atoms with van der Waals surface area (Å²) >= 11 is 0. The zero-order chi connectivity index (χ0) is 19.6. The molecule has 27 heavy (non-hydrogen) atoms. The lowest BCUT2D eigenvalue weighted by Crippen LogP contribution is -2.58. The lowest BCUT2D eigenvalue weighted by molar-refractivity contribution is -0.138. The van der Waals surface area contributed by atoms with Gasteiger partial charge >= 0.3 is 6.18 Å². The average Bonchev–Trinajstić information content (AvgIpc) is 2.63. The molecule has 1 aromatic heterocycles. The van der Waals surface area contributed by atoms with E-state index in [-0.39, 0.29) is 36.8 Å². The van der Waals surface area contributed by atoms with Crippen LogP contribution in [0.25, 0.3) is 0 Å². The maximum Gasteiger partial charge on any atom is 0.418 e. The predicted molar refractivity (Wildman–Crippen MR) is 91.5 cm³/mol. The summed E-state index contributed by atoms with van der Waals surface area (Å²) in [5.41, 5.74) is 4.76. The SMILES string of the molecule is CC(N)COCCC(=O)N1CCN2c3ncc(C(F)(F)F)cc3OCC2C1. The monoisotopic (exact) mass is 388 g/mol. The van der Waals surface area contributed by atoms with E-state index < -0.39 is 11.7 Å². The molecular formula is C17H23F3N4O3. The number of alkyl halides is 3. The van der Waals surface area contributed by atoms with Gasteiger partial charge in [-0.2, -0.15) is 13.2 Å². The second-order valence-corrected chi connectivity index (χ2v) is 6.84. The molecule has 2 aliphatic heterocycles. The Labute approximate surface area is 155 Å². The number of carbonyl (C=O) groups is 1. The van der Waals surface area contributed by atoms with Gasteiger partial charge in [0.15, 0.2) is 11.6 Å². The Bertz CT molecular complexity index is 684. The first-order chi connectivity index (χ1) is 12.8. The van der Waals surface area contributed by atoms with Crippen LogP contribution in [0.1, 0.15) is 18.9 Å². The molecule has 2 unspecified atom stereocenters. The van der Waals surface area contributed by atoms with Crippen LogP contribution in [0.4, 0.5) is 19.0 Å². The molecule has 1 amide bonds. The van der Waals surface area contributed by atoms with E-state index >= 15 is 0 Å². The number of hydrogen-bond acceptors (Lipinski definition) is 6. The number of anilines is 1. The van der Waals surface area contributed by atoms with Crippen molar-refractivity contribution in [1.82, 2.24) is 9.88 Å². The third-order valence-electron chi connectivity index (χ3n) is 4.54. The zero-order valence-corrected chi connectivity index (χ0v) is 15.0. The van der Waals surface area contributed by atoms with E-state index in [4.69, 9.17) is 15.2 Å². The molecule has 2 N–H and O–H groups in total. The largest absolute Gasteiger partial charge is 0.487 e. The van der Waals surface area contributed by atoms with Crippen molar-refractivity contribution in [3.63, 3.8) is 0 Å². The van der Waals surface area contributed by atoms with E-state index in [2.05, 4.69) is 4.98 Å². The molecule has 1 saturated heterocycles. The van der Waals surface area contributed by atoms with Crippen LogP contribution in [-0.4, -0.2) is 67.3 Å². The number of carbonyl (C=O) groups excluding carboxylic acids is 1. The second kappa shape index (κ2) is 7.89. The molecule has 2 aliphatic rings. The molecule has 7 nitrogen and oxygen atoms in total. The van der Waals surface area contributed by atoms with Crippen LogP contribution in [-0.2, 0) is 15.7 Å². The van der Waals surface area contributed by atoms with Crippen LogP contribution in [0, 0.1) is 0 Å². The quantitative estimate of drug-likeness (QED) is 0.765. The fourth-order valence-electron chi connectivity index (χ4n) is 3.19. The van der Waals surface area contributed by atoms with Crippen LogP contribution in [0.15, 0.2) is 12.3 Å². The Kier molecular flexibility index (Phi) is 5.75. The van der Waals surface area contributed by atoms with Crippen molar-refractivity contribution in [2.75, 3.05) is 44.4 Å². The van der Waals surface area contributed by atoms with Crippen molar-refractivity contribution in [3.05, 3.63) is 17.8 Å². The van der Waals surface area contributed by atoms with Gasteiger partial charge in [0.25, 0.3) is 0 Å². The summed E-state index contributed by atoms with van der Waals surface area (Å²) in [6.07, 6.45) is -3.38. The van der Waals surface area contributed by atoms with Crippen molar-refractivity contribution < 1.29 is 27.4 Å². The third kappa shape index (κ3) is 4.62. The lowest BCUT2D eigenvalue weighted by atomic mass is 10.1. The number of aromatic nitrogens is 1. The molecule has 0 aromatic carbocycles. The Balaban J connectivity index is 1.59. The number of ether oxygens (including phenoxy) is 2. The molecular weight excluding hydrogens is 365 g/mol. The summed E-state index contributed by atoms with van der Waals surface area (Å²) in [6.45, 7) is 4.16.